The minimum atomic E-state index is -0.296. The minimum absolute atomic E-state index is 0.0246. The molecule has 2 rings (SSSR count). The van der Waals surface area contributed by atoms with Crippen molar-refractivity contribution in [3.8, 4) is 11.5 Å². The Labute approximate surface area is 118 Å². The second kappa shape index (κ2) is 6.28. The average Bonchev–Trinajstić information content (AvgIpc) is 2.47. The van der Waals surface area contributed by atoms with E-state index in [0.717, 1.165) is 11.3 Å². The maximum absolute atomic E-state index is 13.3. The molecule has 1 atom stereocenters. The van der Waals surface area contributed by atoms with Crippen LogP contribution < -0.4 is 14.8 Å². The molecule has 0 amide bonds. The van der Waals surface area contributed by atoms with Gasteiger partial charge in [-0.25, -0.2) is 4.39 Å². The molecule has 1 N–H and O–H groups in total. The van der Waals surface area contributed by atoms with Gasteiger partial charge in [0.2, 0.25) is 0 Å². The normalized spacial score (nSPS) is 11.8. The van der Waals surface area contributed by atoms with E-state index in [-0.39, 0.29) is 11.9 Å². The summed E-state index contributed by atoms with van der Waals surface area (Å²) in [6.07, 6.45) is 0. The first-order valence-electron chi connectivity index (χ1n) is 6.38. The molecule has 0 aliphatic carbocycles. The fourth-order valence-electron chi connectivity index (χ4n) is 2.00. The molecule has 0 saturated carbocycles. The first-order chi connectivity index (χ1) is 9.63. The molecule has 0 aliphatic rings. The summed E-state index contributed by atoms with van der Waals surface area (Å²) < 4.78 is 23.7. The number of benzene rings is 2. The van der Waals surface area contributed by atoms with Crippen molar-refractivity contribution in [3.63, 3.8) is 0 Å². The summed E-state index contributed by atoms with van der Waals surface area (Å²) in [4.78, 5) is 0. The molecule has 0 heterocycles. The average molecular weight is 275 g/mol. The van der Waals surface area contributed by atoms with Crippen LogP contribution in [0.2, 0.25) is 0 Å². The largest absolute Gasteiger partial charge is 0.497 e. The van der Waals surface area contributed by atoms with Crippen LogP contribution in [0, 0.1) is 5.82 Å². The van der Waals surface area contributed by atoms with Gasteiger partial charge in [-0.1, -0.05) is 12.1 Å². The SMILES string of the molecule is COc1ccc(C(C)Nc2cc(F)ccc2OC)cc1. The van der Waals surface area contributed by atoms with Crippen molar-refractivity contribution in [2.24, 2.45) is 0 Å². The molecule has 0 spiro atoms. The van der Waals surface area contributed by atoms with E-state index >= 15 is 0 Å². The minimum Gasteiger partial charge on any atom is -0.497 e. The zero-order valence-electron chi connectivity index (χ0n) is 11.8. The van der Waals surface area contributed by atoms with Crippen LogP contribution >= 0.6 is 0 Å². The second-order valence-electron chi connectivity index (χ2n) is 4.48. The highest BCUT2D eigenvalue weighted by molar-refractivity contribution is 5.57. The number of rotatable bonds is 5. The lowest BCUT2D eigenvalue weighted by molar-refractivity contribution is 0.414. The van der Waals surface area contributed by atoms with Gasteiger partial charge >= 0.3 is 0 Å². The van der Waals surface area contributed by atoms with Crippen molar-refractivity contribution in [1.82, 2.24) is 0 Å². The van der Waals surface area contributed by atoms with Gasteiger partial charge in [-0.15, -0.1) is 0 Å². The standard InChI is InChI=1S/C16H18FNO2/c1-11(12-4-7-14(19-2)8-5-12)18-15-10-13(17)6-9-16(15)20-3/h4-11,18H,1-3H3. The first kappa shape index (κ1) is 14.2. The van der Waals surface area contributed by atoms with Crippen LogP contribution in [-0.4, -0.2) is 14.2 Å². The highest BCUT2D eigenvalue weighted by atomic mass is 19.1. The Bertz CT molecular complexity index is 569. The molecule has 20 heavy (non-hydrogen) atoms. The summed E-state index contributed by atoms with van der Waals surface area (Å²) in [5.41, 5.74) is 1.72. The Morgan fingerprint density at radius 3 is 2.30 bits per heavy atom. The smallest absolute Gasteiger partial charge is 0.142 e. The zero-order chi connectivity index (χ0) is 14.5. The molecule has 0 fully saturated rings. The Kier molecular flexibility index (Phi) is 4.45. The van der Waals surface area contributed by atoms with E-state index in [1.807, 2.05) is 31.2 Å². The third kappa shape index (κ3) is 3.20. The van der Waals surface area contributed by atoms with E-state index in [2.05, 4.69) is 5.32 Å². The third-order valence-corrected chi connectivity index (χ3v) is 3.15. The molecule has 0 bridgehead atoms. The Morgan fingerprint density at radius 1 is 1.00 bits per heavy atom. The van der Waals surface area contributed by atoms with Crippen molar-refractivity contribution in [3.05, 3.63) is 53.8 Å². The molecule has 1 unspecified atom stereocenters. The molecule has 4 heteroatoms. The lowest BCUT2D eigenvalue weighted by Crippen LogP contribution is -2.08. The van der Waals surface area contributed by atoms with Crippen molar-refractivity contribution < 1.29 is 13.9 Å². The van der Waals surface area contributed by atoms with Crippen LogP contribution in [0.3, 0.4) is 0 Å². The summed E-state index contributed by atoms with van der Waals surface area (Å²) >= 11 is 0. The van der Waals surface area contributed by atoms with E-state index in [1.165, 1.54) is 12.1 Å². The molecule has 0 aromatic heterocycles. The van der Waals surface area contributed by atoms with E-state index in [9.17, 15) is 4.39 Å². The lowest BCUT2D eigenvalue weighted by atomic mass is 10.1. The first-order valence-corrected chi connectivity index (χ1v) is 6.38. The predicted octanol–water partition coefficient (Wildman–Crippen LogP) is 4.02. The van der Waals surface area contributed by atoms with Crippen molar-refractivity contribution in [2.45, 2.75) is 13.0 Å². The van der Waals surface area contributed by atoms with Crippen LogP contribution in [0.5, 0.6) is 11.5 Å². The second-order valence-corrected chi connectivity index (χ2v) is 4.48. The van der Waals surface area contributed by atoms with Crippen LogP contribution in [0.15, 0.2) is 42.5 Å². The van der Waals surface area contributed by atoms with E-state index < -0.39 is 0 Å². The van der Waals surface area contributed by atoms with E-state index in [4.69, 9.17) is 9.47 Å². The zero-order valence-corrected chi connectivity index (χ0v) is 11.8. The summed E-state index contributed by atoms with van der Waals surface area (Å²) in [7, 11) is 3.20. The van der Waals surface area contributed by atoms with Gasteiger partial charge < -0.3 is 14.8 Å². The highest BCUT2D eigenvalue weighted by Crippen LogP contribution is 2.29. The number of hydrogen-bond donors (Lipinski definition) is 1. The number of nitrogens with one attached hydrogen (secondary N) is 1. The Balaban J connectivity index is 2.17. The van der Waals surface area contributed by atoms with Gasteiger partial charge in [0.05, 0.1) is 19.9 Å². The summed E-state index contributed by atoms with van der Waals surface area (Å²) in [5.74, 6) is 1.13. The van der Waals surface area contributed by atoms with Crippen molar-refractivity contribution >= 4 is 5.69 Å². The van der Waals surface area contributed by atoms with Gasteiger partial charge in [-0.3, -0.25) is 0 Å². The quantitative estimate of drug-likeness (QED) is 0.894. The van der Waals surface area contributed by atoms with Gasteiger partial charge in [0.15, 0.2) is 0 Å². The van der Waals surface area contributed by atoms with Crippen LogP contribution in [0.4, 0.5) is 10.1 Å². The Morgan fingerprint density at radius 2 is 1.70 bits per heavy atom. The third-order valence-electron chi connectivity index (χ3n) is 3.15. The number of ether oxygens (including phenoxy) is 2. The van der Waals surface area contributed by atoms with Crippen molar-refractivity contribution in [2.75, 3.05) is 19.5 Å². The molecule has 0 aliphatic heterocycles. The topological polar surface area (TPSA) is 30.5 Å². The molecule has 2 aromatic rings. The van der Waals surface area contributed by atoms with Crippen molar-refractivity contribution in [1.29, 1.82) is 0 Å². The van der Waals surface area contributed by atoms with Crippen LogP contribution in [0.1, 0.15) is 18.5 Å². The van der Waals surface area contributed by atoms with Crippen LogP contribution in [-0.2, 0) is 0 Å². The Hall–Kier alpha value is -2.23. The fraction of sp³-hybridized carbons (Fsp3) is 0.250. The molecule has 106 valence electrons. The van der Waals surface area contributed by atoms with Gasteiger partial charge in [0.25, 0.3) is 0 Å². The molecule has 3 nitrogen and oxygen atoms in total. The fourth-order valence-corrected chi connectivity index (χ4v) is 2.00. The molecular formula is C16H18FNO2. The number of halogens is 1. The monoisotopic (exact) mass is 275 g/mol. The van der Waals surface area contributed by atoms with Gasteiger partial charge in [-0.05, 0) is 36.8 Å². The van der Waals surface area contributed by atoms with Gasteiger partial charge in [0, 0.05) is 12.1 Å². The van der Waals surface area contributed by atoms with E-state index in [0.29, 0.717) is 11.4 Å². The predicted molar refractivity (Wildman–Crippen MR) is 78.0 cm³/mol. The summed E-state index contributed by atoms with van der Waals surface area (Å²) in [5, 5.41) is 3.25. The molecular weight excluding hydrogens is 257 g/mol. The molecule has 0 radical (unpaired) electrons. The number of methoxy groups -OCH3 is 2. The number of hydrogen-bond acceptors (Lipinski definition) is 3. The van der Waals surface area contributed by atoms with Gasteiger partial charge in [-0.2, -0.15) is 0 Å². The van der Waals surface area contributed by atoms with Crippen LogP contribution in [0.25, 0.3) is 0 Å². The maximum atomic E-state index is 13.3. The van der Waals surface area contributed by atoms with E-state index in [1.54, 1.807) is 20.3 Å². The molecule has 2 aromatic carbocycles. The highest BCUT2D eigenvalue weighted by Gasteiger charge is 2.10. The summed E-state index contributed by atoms with van der Waals surface area (Å²) in [6, 6.07) is 12.2. The van der Waals surface area contributed by atoms with Gasteiger partial charge in [0.1, 0.15) is 17.3 Å². The maximum Gasteiger partial charge on any atom is 0.142 e. The number of anilines is 1. The molecule has 0 saturated heterocycles. The summed E-state index contributed by atoms with van der Waals surface area (Å²) in [6.45, 7) is 2.01. The lowest BCUT2D eigenvalue weighted by Gasteiger charge is -2.18.